The van der Waals surface area contributed by atoms with E-state index in [9.17, 15) is 9.59 Å². The molecule has 3 aromatic heterocycles. The molecule has 8 nitrogen and oxygen atoms in total. The summed E-state index contributed by atoms with van der Waals surface area (Å²) in [5, 5.41) is 11.5. The first-order valence-electron chi connectivity index (χ1n) is 7.26. The zero-order valence-electron chi connectivity index (χ0n) is 13.0. The normalized spacial score (nSPS) is 10.5. The van der Waals surface area contributed by atoms with Crippen LogP contribution < -0.4 is 10.6 Å². The maximum absolute atomic E-state index is 12.1. The molecule has 0 aliphatic carbocycles. The Morgan fingerprint density at radius 3 is 2.92 bits per heavy atom. The Kier molecular flexibility index (Phi) is 4.71. The predicted molar refractivity (Wildman–Crippen MR) is 90.0 cm³/mol. The molecule has 0 fully saturated rings. The summed E-state index contributed by atoms with van der Waals surface area (Å²) in [7, 11) is 1.67. The molecule has 0 aliphatic heterocycles. The summed E-state index contributed by atoms with van der Waals surface area (Å²) < 4.78 is 3.33. The highest BCUT2D eigenvalue weighted by Crippen LogP contribution is 2.14. The summed E-state index contributed by atoms with van der Waals surface area (Å²) in [6.45, 7) is 1.09. The molecule has 3 heterocycles. The molecule has 0 atom stereocenters. The largest absolute Gasteiger partial charge is 0.349 e. The van der Waals surface area contributed by atoms with E-state index in [2.05, 4.69) is 20.7 Å². The van der Waals surface area contributed by atoms with Crippen molar-refractivity contribution in [2.45, 2.75) is 6.54 Å². The quantitative estimate of drug-likeness (QED) is 0.706. The molecule has 3 aromatic rings. The SMILES string of the molecule is Cn1nc(C(=O)NCCn2ccnc2)cc1NC(=O)c1cccs1. The van der Waals surface area contributed by atoms with Crippen molar-refractivity contribution in [1.82, 2.24) is 24.6 Å². The van der Waals surface area contributed by atoms with Crippen molar-refractivity contribution < 1.29 is 9.59 Å². The second kappa shape index (κ2) is 7.09. The number of carbonyl (C=O) groups is 2. The Hall–Kier alpha value is -2.94. The van der Waals surface area contributed by atoms with E-state index in [1.54, 1.807) is 31.7 Å². The van der Waals surface area contributed by atoms with E-state index in [4.69, 9.17) is 0 Å². The van der Waals surface area contributed by atoms with Gasteiger partial charge in [0.05, 0.1) is 11.2 Å². The lowest BCUT2D eigenvalue weighted by Gasteiger charge is -2.03. The minimum absolute atomic E-state index is 0.222. The van der Waals surface area contributed by atoms with Crippen LogP contribution in [0.15, 0.2) is 42.3 Å². The Labute approximate surface area is 142 Å². The van der Waals surface area contributed by atoms with Crippen LogP contribution in [0.2, 0.25) is 0 Å². The zero-order valence-corrected chi connectivity index (χ0v) is 13.8. The molecule has 2 N–H and O–H groups in total. The molecular formula is C15H16N6O2S. The summed E-state index contributed by atoms with van der Waals surface area (Å²) in [6, 6.07) is 5.10. The molecule has 9 heteroatoms. The van der Waals surface area contributed by atoms with Gasteiger partial charge in [-0.1, -0.05) is 6.07 Å². The number of aryl methyl sites for hydroxylation is 1. The Balaban J connectivity index is 1.58. The number of carbonyl (C=O) groups excluding carboxylic acids is 2. The molecular weight excluding hydrogens is 328 g/mol. The molecule has 0 aliphatic rings. The van der Waals surface area contributed by atoms with Crippen LogP contribution in [-0.4, -0.2) is 37.7 Å². The highest BCUT2D eigenvalue weighted by Gasteiger charge is 2.15. The van der Waals surface area contributed by atoms with Crippen LogP contribution in [0.4, 0.5) is 5.82 Å². The van der Waals surface area contributed by atoms with Crippen LogP contribution in [0.25, 0.3) is 0 Å². The fourth-order valence-corrected chi connectivity index (χ4v) is 2.71. The van der Waals surface area contributed by atoms with Gasteiger partial charge < -0.3 is 15.2 Å². The molecule has 0 saturated heterocycles. The highest BCUT2D eigenvalue weighted by molar-refractivity contribution is 7.12. The lowest BCUT2D eigenvalue weighted by atomic mass is 10.3. The number of nitrogens with zero attached hydrogens (tertiary/aromatic N) is 4. The zero-order chi connectivity index (χ0) is 16.9. The van der Waals surface area contributed by atoms with Gasteiger partial charge in [-0.05, 0) is 11.4 Å². The third-order valence-corrected chi connectivity index (χ3v) is 4.18. The van der Waals surface area contributed by atoms with Gasteiger partial charge in [0.2, 0.25) is 0 Å². The van der Waals surface area contributed by atoms with Gasteiger partial charge >= 0.3 is 0 Å². The fraction of sp³-hybridized carbons (Fsp3) is 0.200. The number of anilines is 1. The van der Waals surface area contributed by atoms with Gasteiger partial charge in [-0.3, -0.25) is 14.3 Å². The van der Waals surface area contributed by atoms with Crippen molar-refractivity contribution in [2.75, 3.05) is 11.9 Å². The summed E-state index contributed by atoms with van der Waals surface area (Å²) in [5.74, 6) is -0.0458. The summed E-state index contributed by atoms with van der Waals surface area (Å²) >= 11 is 1.35. The number of hydrogen-bond donors (Lipinski definition) is 2. The van der Waals surface area contributed by atoms with E-state index < -0.39 is 0 Å². The van der Waals surface area contributed by atoms with Crippen LogP contribution in [0.3, 0.4) is 0 Å². The number of amides is 2. The minimum Gasteiger partial charge on any atom is -0.349 e. The maximum Gasteiger partial charge on any atom is 0.271 e. The van der Waals surface area contributed by atoms with Gasteiger partial charge in [0.1, 0.15) is 5.82 Å². The number of thiophene rings is 1. The molecule has 0 unspecified atom stereocenters. The van der Waals surface area contributed by atoms with Crippen LogP contribution in [-0.2, 0) is 13.6 Å². The van der Waals surface area contributed by atoms with E-state index in [0.717, 1.165) is 0 Å². The van der Waals surface area contributed by atoms with Crippen LogP contribution in [0, 0.1) is 0 Å². The Bertz CT molecular complexity index is 822. The number of nitrogens with one attached hydrogen (secondary N) is 2. The molecule has 24 heavy (non-hydrogen) atoms. The minimum atomic E-state index is -0.290. The van der Waals surface area contributed by atoms with Crippen LogP contribution in [0.5, 0.6) is 0 Å². The van der Waals surface area contributed by atoms with Crippen LogP contribution in [0.1, 0.15) is 20.2 Å². The van der Waals surface area contributed by atoms with Gasteiger partial charge in [0.15, 0.2) is 5.69 Å². The van der Waals surface area contributed by atoms with E-state index in [1.165, 1.54) is 16.0 Å². The van der Waals surface area contributed by atoms with Gasteiger partial charge in [-0.25, -0.2) is 4.98 Å². The number of hydrogen-bond acceptors (Lipinski definition) is 5. The molecule has 0 aromatic carbocycles. The van der Waals surface area contributed by atoms with Gasteiger partial charge in [-0.15, -0.1) is 11.3 Å². The molecule has 124 valence electrons. The predicted octanol–water partition coefficient (Wildman–Crippen LogP) is 1.36. The molecule has 0 radical (unpaired) electrons. The van der Waals surface area contributed by atoms with Crippen LogP contribution >= 0.6 is 11.3 Å². The van der Waals surface area contributed by atoms with Gasteiger partial charge in [0, 0.05) is 38.6 Å². The number of rotatable bonds is 6. The van der Waals surface area contributed by atoms with Crippen molar-refractivity contribution in [1.29, 1.82) is 0 Å². The molecule has 0 spiro atoms. The van der Waals surface area contributed by atoms with Gasteiger partial charge in [-0.2, -0.15) is 5.10 Å². The second-order valence-electron chi connectivity index (χ2n) is 5.03. The first-order chi connectivity index (χ1) is 11.6. The maximum atomic E-state index is 12.1. The molecule has 2 amide bonds. The smallest absolute Gasteiger partial charge is 0.271 e. The fourth-order valence-electron chi connectivity index (χ4n) is 2.09. The topological polar surface area (TPSA) is 93.8 Å². The number of imidazole rings is 1. The average molecular weight is 344 g/mol. The monoisotopic (exact) mass is 344 g/mol. The van der Waals surface area contributed by atoms with E-state index in [0.29, 0.717) is 23.8 Å². The van der Waals surface area contributed by atoms with Crippen molar-refractivity contribution in [3.8, 4) is 0 Å². The number of aromatic nitrogens is 4. The lowest BCUT2D eigenvalue weighted by molar-refractivity contribution is 0.0945. The summed E-state index contributed by atoms with van der Waals surface area (Å²) in [5.41, 5.74) is 0.254. The third-order valence-electron chi connectivity index (χ3n) is 3.31. The van der Waals surface area contributed by atoms with Crippen molar-refractivity contribution in [3.63, 3.8) is 0 Å². The summed E-state index contributed by atoms with van der Waals surface area (Å²) in [6.07, 6.45) is 5.19. The lowest BCUT2D eigenvalue weighted by Crippen LogP contribution is -2.27. The Morgan fingerprint density at radius 1 is 1.33 bits per heavy atom. The van der Waals surface area contributed by atoms with E-state index in [-0.39, 0.29) is 17.5 Å². The second-order valence-corrected chi connectivity index (χ2v) is 5.97. The van der Waals surface area contributed by atoms with Crippen molar-refractivity contribution in [2.24, 2.45) is 7.05 Å². The summed E-state index contributed by atoms with van der Waals surface area (Å²) in [4.78, 5) is 28.7. The third kappa shape index (κ3) is 3.69. The molecule has 0 saturated carbocycles. The Morgan fingerprint density at radius 2 is 2.21 bits per heavy atom. The first kappa shape index (κ1) is 15.9. The first-order valence-corrected chi connectivity index (χ1v) is 8.14. The standard InChI is InChI=1S/C15H16N6O2S/c1-20-13(18-15(23)12-3-2-8-24-12)9-11(19-20)14(22)17-5-7-21-6-4-16-10-21/h2-4,6,8-10H,5,7H2,1H3,(H,17,22)(H,18,23). The van der Waals surface area contributed by atoms with E-state index >= 15 is 0 Å². The average Bonchev–Trinajstić information content (AvgIpc) is 3.29. The molecule has 3 rings (SSSR count). The van der Waals surface area contributed by atoms with E-state index in [1.807, 2.05) is 22.2 Å². The van der Waals surface area contributed by atoms with Crippen molar-refractivity contribution >= 4 is 29.0 Å². The van der Waals surface area contributed by atoms with Crippen molar-refractivity contribution in [3.05, 3.63) is 52.9 Å². The molecule has 0 bridgehead atoms. The highest BCUT2D eigenvalue weighted by atomic mass is 32.1. The van der Waals surface area contributed by atoms with Gasteiger partial charge in [0.25, 0.3) is 11.8 Å².